The molecular formula is C38H26F6. The van der Waals surface area contributed by atoms with Crippen LogP contribution in [0.4, 0.5) is 26.3 Å². The SMILES string of the molecule is FC(F)(F)c1ccc(/C=C/c2cccc3ccccc23)cc1.FC(F)(F)c1ccc(/C=C/c2cccc3ccccc23)cc1. The predicted molar refractivity (Wildman–Crippen MR) is 169 cm³/mol. The van der Waals surface area contributed by atoms with E-state index in [1.165, 1.54) is 24.3 Å². The number of benzene rings is 6. The van der Waals surface area contributed by atoms with Crippen molar-refractivity contribution in [2.75, 3.05) is 0 Å². The molecule has 0 atom stereocenters. The Labute approximate surface area is 251 Å². The van der Waals surface area contributed by atoms with Crippen molar-refractivity contribution in [1.29, 1.82) is 0 Å². The van der Waals surface area contributed by atoms with Crippen LogP contribution in [-0.4, -0.2) is 0 Å². The van der Waals surface area contributed by atoms with Crippen LogP contribution in [0.2, 0.25) is 0 Å². The topological polar surface area (TPSA) is 0 Å². The van der Waals surface area contributed by atoms with Crippen LogP contribution < -0.4 is 0 Å². The molecule has 0 saturated carbocycles. The molecule has 0 amide bonds. The molecule has 0 bridgehead atoms. The highest BCUT2D eigenvalue weighted by Gasteiger charge is 2.30. The lowest BCUT2D eigenvalue weighted by molar-refractivity contribution is -0.138. The molecule has 0 nitrogen and oxygen atoms in total. The molecule has 0 radical (unpaired) electrons. The van der Waals surface area contributed by atoms with Crippen molar-refractivity contribution in [2.24, 2.45) is 0 Å². The highest BCUT2D eigenvalue weighted by Crippen LogP contribution is 2.30. The second-order valence-electron chi connectivity index (χ2n) is 10.0. The van der Waals surface area contributed by atoms with Gasteiger partial charge in [-0.25, -0.2) is 0 Å². The minimum atomic E-state index is -4.29. The molecule has 6 rings (SSSR count). The Morgan fingerprint density at radius 2 is 0.682 bits per heavy atom. The summed E-state index contributed by atoms with van der Waals surface area (Å²) in [4.78, 5) is 0. The first-order valence-corrected chi connectivity index (χ1v) is 13.7. The van der Waals surface area contributed by atoms with Crippen LogP contribution in [0.5, 0.6) is 0 Å². The molecule has 220 valence electrons. The Hall–Kier alpha value is -5.10. The van der Waals surface area contributed by atoms with Crippen LogP contribution in [0.15, 0.2) is 133 Å². The molecule has 0 aliphatic heterocycles. The second-order valence-corrected chi connectivity index (χ2v) is 10.0. The summed E-state index contributed by atoms with van der Waals surface area (Å²) in [6.45, 7) is 0. The van der Waals surface area contributed by atoms with Crippen LogP contribution in [-0.2, 0) is 12.4 Å². The van der Waals surface area contributed by atoms with E-state index in [1.807, 2.05) is 109 Å². The van der Waals surface area contributed by atoms with E-state index >= 15 is 0 Å². The lowest BCUT2D eigenvalue weighted by Crippen LogP contribution is -2.03. The third-order valence-electron chi connectivity index (χ3n) is 7.03. The molecular weight excluding hydrogens is 570 g/mol. The quantitative estimate of drug-likeness (QED) is 0.140. The second kappa shape index (κ2) is 13.0. The Bertz CT molecular complexity index is 1760. The van der Waals surface area contributed by atoms with Gasteiger partial charge in [-0.15, -0.1) is 0 Å². The van der Waals surface area contributed by atoms with Gasteiger partial charge in [0.25, 0.3) is 0 Å². The van der Waals surface area contributed by atoms with E-state index < -0.39 is 23.5 Å². The summed E-state index contributed by atoms with van der Waals surface area (Å²) in [5.41, 5.74) is 2.29. The smallest absolute Gasteiger partial charge is 0.166 e. The summed E-state index contributed by atoms with van der Waals surface area (Å²) in [6, 6.07) is 38.3. The van der Waals surface area contributed by atoms with E-state index in [9.17, 15) is 26.3 Å². The van der Waals surface area contributed by atoms with Crippen molar-refractivity contribution in [1.82, 2.24) is 0 Å². The maximum Gasteiger partial charge on any atom is 0.416 e. The van der Waals surface area contributed by atoms with Gasteiger partial charge < -0.3 is 0 Å². The summed E-state index contributed by atoms with van der Waals surface area (Å²) >= 11 is 0. The van der Waals surface area contributed by atoms with Crippen molar-refractivity contribution in [3.63, 3.8) is 0 Å². The summed E-state index contributed by atoms with van der Waals surface area (Å²) < 4.78 is 75.2. The van der Waals surface area contributed by atoms with Gasteiger partial charge in [-0.05, 0) is 68.1 Å². The van der Waals surface area contributed by atoms with Gasteiger partial charge in [-0.1, -0.05) is 133 Å². The largest absolute Gasteiger partial charge is 0.416 e. The van der Waals surface area contributed by atoms with Crippen molar-refractivity contribution in [3.05, 3.63) is 167 Å². The molecule has 0 saturated heterocycles. The fourth-order valence-corrected chi connectivity index (χ4v) is 4.73. The lowest BCUT2D eigenvalue weighted by atomic mass is 10.0. The highest BCUT2D eigenvalue weighted by molar-refractivity contribution is 5.93. The third kappa shape index (κ3) is 7.64. The fourth-order valence-electron chi connectivity index (χ4n) is 4.73. The molecule has 6 aromatic carbocycles. The van der Waals surface area contributed by atoms with E-state index in [0.29, 0.717) is 0 Å². The molecule has 0 aliphatic carbocycles. The molecule has 6 aromatic rings. The number of hydrogen-bond acceptors (Lipinski definition) is 0. The standard InChI is InChI=1S/2C19H13F3/c2*20-19(21,22)17-12-9-14(10-13-17)8-11-16-6-3-5-15-4-1-2-7-18(15)16/h2*1-13H/b2*11-8+. The van der Waals surface area contributed by atoms with Crippen LogP contribution in [0.25, 0.3) is 45.8 Å². The average Bonchev–Trinajstić information content (AvgIpc) is 3.02. The first-order valence-electron chi connectivity index (χ1n) is 13.7. The van der Waals surface area contributed by atoms with Crippen LogP contribution in [0.1, 0.15) is 33.4 Å². The maximum absolute atomic E-state index is 12.5. The predicted octanol–water partition coefficient (Wildman–Crippen LogP) is 12.1. The van der Waals surface area contributed by atoms with E-state index in [-0.39, 0.29) is 0 Å². The summed E-state index contributed by atoms with van der Waals surface area (Å²) in [7, 11) is 0. The molecule has 0 N–H and O–H groups in total. The van der Waals surface area contributed by atoms with E-state index in [0.717, 1.165) is 68.1 Å². The Morgan fingerprint density at radius 3 is 1.05 bits per heavy atom. The summed E-state index contributed by atoms with van der Waals surface area (Å²) in [5, 5.41) is 4.51. The highest BCUT2D eigenvalue weighted by atomic mass is 19.4. The summed E-state index contributed by atoms with van der Waals surface area (Å²) in [6.07, 6.45) is -1.10. The number of alkyl halides is 6. The number of hydrogen-bond donors (Lipinski definition) is 0. The van der Waals surface area contributed by atoms with Crippen molar-refractivity contribution >= 4 is 45.8 Å². The normalized spacial score (nSPS) is 12.1. The zero-order valence-corrected chi connectivity index (χ0v) is 23.3. The lowest BCUT2D eigenvalue weighted by Gasteiger charge is -2.06. The van der Waals surface area contributed by atoms with Gasteiger partial charge in [0, 0.05) is 0 Å². The molecule has 0 spiro atoms. The van der Waals surface area contributed by atoms with Gasteiger partial charge >= 0.3 is 12.4 Å². The van der Waals surface area contributed by atoms with Gasteiger partial charge in [-0.3, -0.25) is 0 Å². The monoisotopic (exact) mass is 596 g/mol. The minimum Gasteiger partial charge on any atom is -0.166 e. The molecule has 0 unspecified atom stereocenters. The number of fused-ring (bicyclic) bond motifs is 2. The molecule has 0 aromatic heterocycles. The van der Waals surface area contributed by atoms with Gasteiger partial charge in [0.2, 0.25) is 0 Å². The van der Waals surface area contributed by atoms with Crippen LogP contribution >= 0.6 is 0 Å². The fraction of sp³-hybridized carbons (Fsp3) is 0.0526. The van der Waals surface area contributed by atoms with Gasteiger partial charge in [0.1, 0.15) is 0 Å². The summed E-state index contributed by atoms with van der Waals surface area (Å²) in [5.74, 6) is 0. The Balaban J connectivity index is 0.000000175. The zero-order chi connectivity index (χ0) is 31.2. The molecule has 0 aliphatic rings. The van der Waals surface area contributed by atoms with Gasteiger partial charge in [0.15, 0.2) is 0 Å². The van der Waals surface area contributed by atoms with E-state index in [2.05, 4.69) is 0 Å². The van der Waals surface area contributed by atoms with Crippen LogP contribution in [0.3, 0.4) is 0 Å². The first-order chi connectivity index (χ1) is 21.1. The molecule has 6 heteroatoms. The van der Waals surface area contributed by atoms with Gasteiger partial charge in [-0.2, -0.15) is 26.3 Å². The maximum atomic E-state index is 12.5. The molecule has 0 fully saturated rings. The van der Waals surface area contributed by atoms with Crippen molar-refractivity contribution in [2.45, 2.75) is 12.4 Å². The number of halogens is 6. The molecule has 44 heavy (non-hydrogen) atoms. The molecule has 0 heterocycles. The van der Waals surface area contributed by atoms with E-state index in [1.54, 1.807) is 0 Å². The Kier molecular flexibility index (Phi) is 9.00. The van der Waals surface area contributed by atoms with Crippen molar-refractivity contribution < 1.29 is 26.3 Å². The first kappa shape index (κ1) is 30.4. The Morgan fingerprint density at radius 1 is 0.341 bits per heavy atom. The number of rotatable bonds is 4. The third-order valence-corrected chi connectivity index (χ3v) is 7.03. The minimum absolute atomic E-state index is 0.630. The average molecular weight is 597 g/mol. The van der Waals surface area contributed by atoms with Gasteiger partial charge in [0.05, 0.1) is 11.1 Å². The van der Waals surface area contributed by atoms with Crippen LogP contribution in [0, 0.1) is 0 Å². The van der Waals surface area contributed by atoms with E-state index in [4.69, 9.17) is 0 Å². The van der Waals surface area contributed by atoms with Crippen molar-refractivity contribution in [3.8, 4) is 0 Å². The zero-order valence-electron chi connectivity index (χ0n) is 23.3.